The van der Waals surface area contributed by atoms with E-state index in [1.54, 1.807) is 22.7 Å². The highest BCUT2D eigenvalue weighted by molar-refractivity contribution is 5.92. The summed E-state index contributed by atoms with van der Waals surface area (Å²) in [6.45, 7) is 1.78. The molecule has 4 rings (SSSR count). The van der Waals surface area contributed by atoms with Crippen molar-refractivity contribution in [3.8, 4) is 16.9 Å². The quantitative estimate of drug-likeness (QED) is 0.578. The van der Waals surface area contributed by atoms with E-state index in [4.69, 9.17) is 9.47 Å². The maximum absolute atomic E-state index is 11.4. The summed E-state index contributed by atoms with van der Waals surface area (Å²) >= 11 is 0. The van der Waals surface area contributed by atoms with Crippen LogP contribution in [0.3, 0.4) is 0 Å². The van der Waals surface area contributed by atoms with E-state index in [1.165, 1.54) is 0 Å². The van der Waals surface area contributed by atoms with E-state index in [0.29, 0.717) is 25.5 Å². The van der Waals surface area contributed by atoms with Gasteiger partial charge in [-0.15, -0.1) is 4.52 Å². The molecule has 1 aliphatic heterocycles. The lowest BCUT2D eigenvalue weighted by Gasteiger charge is -2.11. The summed E-state index contributed by atoms with van der Waals surface area (Å²) in [6.07, 6.45) is 3.71. The molecule has 8 heteroatoms. The second-order valence-corrected chi connectivity index (χ2v) is 5.60. The Hall–Kier alpha value is -3.13. The number of nitrogens with one attached hydrogen (secondary N) is 2. The van der Waals surface area contributed by atoms with Gasteiger partial charge in [-0.3, -0.25) is 0 Å². The molecular formula is C17H17N4O4+. The second-order valence-electron chi connectivity index (χ2n) is 5.60. The summed E-state index contributed by atoms with van der Waals surface area (Å²) in [5, 5.41) is 15.7. The Kier molecular flexibility index (Phi) is 3.95. The number of hydrogen-bond donors (Lipinski definition) is 3. The summed E-state index contributed by atoms with van der Waals surface area (Å²) in [6, 6.07) is 6.90. The molecule has 1 aliphatic rings. The Bertz CT molecular complexity index is 938. The fraction of sp³-hybridized carbons (Fsp3) is 0.235. The highest BCUT2D eigenvalue weighted by Gasteiger charge is 2.20. The topological polar surface area (TPSA) is 101 Å². The van der Waals surface area contributed by atoms with Crippen molar-refractivity contribution in [1.29, 1.82) is 0 Å². The molecule has 8 nitrogen and oxygen atoms in total. The van der Waals surface area contributed by atoms with Crippen molar-refractivity contribution < 1.29 is 23.9 Å². The van der Waals surface area contributed by atoms with E-state index < -0.39 is 5.97 Å². The third kappa shape index (κ3) is 2.99. The number of carbonyl (C=O) groups is 1. The van der Waals surface area contributed by atoms with Crippen LogP contribution in [0.25, 0.3) is 16.8 Å². The van der Waals surface area contributed by atoms with Gasteiger partial charge in [-0.25, -0.2) is 9.89 Å². The number of carboxylic acids is 1. The fourth-order valence-corrected chi connectivity index (χ4v) is 2.77. The smallest absolute Gasteiger partial charge is 0.358 e. The molecule has 128 valence electrons. The summed E-state index contributed by atoms with van der Waals surface area (Å²) in [5.41, 5.74) is 2.54. The highest BCUT2D eigenvalue weighted by Crippen LogP contribution is 2.29. The Morgan fingerprint density at radius 3 is 3.04 bits per heavy atom. The predicted octanol–water partition coefficient (Wildman–Crippen LogP) is 1.33. The molecule has 4 bridgehead atoms. The van der Waals surface area contributed by atoms with Crippen LogP contribution in [0, 0.1) is 0 Å². The number of anilines is 1. The van der Waals surface area contributed by atoms with Crippen LogP contribution in [0.4, 0.5) is 5.82 Å². The predicted molar refractivity (Wildman–Crippen MR) is 88.9 cm³/mol. The third-order valence-electron chi connectivity index (χ3n) is 3.99. The van der Waals surface area contributed by atoms with E-state index >= 15 is 0 Å². The normalized spacial score (nSPS) is 14.6. The average molecular weight is 341 g/mol. The average Bonchev–Trinajstić information content (AvgIpc) is 3.03. The molecule has 0 aliphatic carbocycles. The van der Waals surface area contributed by atoms with Crippen LogP contribution < -0.4 is 14.6 Å². The number of nitrogens with zero attached hydrogens (tertiary/aromatic N) is 2. The molecule has 1 aromatic carbocycles. The number of hydrogen-bond acceptors (Lipinski definition) is 5. The molecule has 2 aromatic heterocycles. The van der Waals surface area contributed by atoms with E-state index in [-0.39, 0.29) is 12.2 Å². The molecule has 3 N–H and O–H groups in total. The van der Waals surface area contributed by atoms with Crippen molar-refractivity contribution in [2.75, 3.05) is 31.7 Å². The molecule has 3 aromatic rings. The molecule has 0 spiro atoms. The molecule has 0 radical (unpaired) electrons. The molecule has 0 atom stereocenters. The molecule has 25 heavy (non-hydrogen) atoms. The maximum atomic E-state index is 11.4. The lowest BCUT2D eigenvalue weighted by molar-refractivity contribution is -0.578. The lowest BCUT2D eigenvalue weighted by Crippen LogP contribution is -2.24. The van der Waals surface area contributed by atoms with E-state index in [1.807, 2.05) is 18.5 Å². The fourth-order valence-electron chi connectivity index (χ4n) is 2.77. The van der Waals surface area contributed by atoms with E-state index in [9.17, 15) is 9.90 Å². The highest BCUT2D eigenvalue weighted by atomic mass is 16.5. The van der Waals surface area contributed by atoms with Gasteiger partial charge in [0.1, 0.15) is 24.1 Å². The van der Waals surface area contributed by atoms with Gasteiger partial charge in [0.2, 0.25) is 5.82 Å². The zero-order valence-corrected chi connectivity index (χ0v) is 13.4. The van der Waals surface area contributed by atoms with Gasteiger partial charge >= 0.3 is 11.6 Å². The zero-order chi connectivity index (χ0) is 17.2. The first-order valence-electron chi connectivity index (χ1n) is 7.94. The summed E-state index contributed by atoms with van der Waals surface area (Å²) < 4.78 is 12.9. The number of fused-ring (bicyclic) bond motifs is 4. The minimum Gasteiger partial charge on any atom is -0.490 e. The van der Waals surface area contributed by atoms with E-state index in [0.717, 1.165) is 22.6 Å². The standard InChI is InChI=1S/C17H16N4O4/c22-17(23)12-2-1-11-9-14(12)25-8-7-24-6-4-18-15-3-5-21-16(20-15)13(11)10-19-21/h1-3,5,9-10H,4,6-8H2,(H2,18,19,20,22,23)/p+1. The zero-order valence-electron chi connectivity index (χ0n) is 13.4. The van der Waals surface area contributed by atoms with Crippen molar-refractivity contribution in [3.05, 3.63) is 42.2 Å². The minimum absolute atomic E-state index is 0.124. The van der Waals surface area contributed by atoms with Crippen molar-refractivity contribution in [1.82, 2.24) is 10.1 Å². The number of H-pyrrole nitrogens is 1. The first-order valence-corrected chi connectivity index (χ1v) is 7.94. The van der Waals surface area contributed by atoms with Gasteiger partial charge in [0.25, 0.3) is 0 Å². The maximum Gasteiger partial charge on any atom is 0.358 e. The molecular weight excluding hydrogens is 324 g/mol. The van der Waals surface area contributed by atoms with Gasteiger partial charge in [0, 0.05) is 12.6 Å². The third-order valence-corrected chi connectivity index (χ3v) is 3.99. The molecule has 3 heterocycles. The number of ether oxygens (including phenoxy) is 2. The van der Waals surface area contributed by atoms with E-state index in [2.05, 4.69) is 15.4 Å². The number of carboxylic acid groups (broad SMARTS) is 1. The van der Waals surface area contributed by atoms with Gasteiger partial charge in [-0.2, -0.15) is 0 Å². The van der Waals surface area contributed by atoms with Crippen LogP contribution in [0.1, 0.15) is 10.4 Å². The molecule has 0 fully saturated rings. The Morgan fingerprint density at radius 1 is 1.24 bits per heavy atom. The number of aromatic nitrogens is 3. The summed E-state index contributed by atoms with van der Waals surface area (Å²) in [5.74, 6) is 0.0425. The van der Waals surface area contributed by atoms with Crippen molar-refractivity contribution >= 4 is 17.4 Å². The van der Waals surface area contributed by atoms with Crippen molar-refractivity contribution in [2.45, 2.75) is 0 Å². The summed E-state index contributed by atoms with van der Waals surface area (Å²) in [7, 11) is 0. The van der Waals surface area contributed by atoms with Gasteiger partial charge in [0.15, 0.2) is 0 Å². The van der Waals surface area contributed by atoms with Crippen molar-refractivity contribution in [2.24, 2.45) is 0 Å². The van der Waals surface area contributed by atoms with Crippen molar-refractivity contribution in [3.63, 3.8) is 0 Å². The van der Waals surface area contributed by atoms with Gasteiger partial charge in [0.05, 0.1) is 25.0 Å². The number of aromatic amines is 1. The van der Waals surface area contributed by atoms with Crippen LogP contribution in [0.5, 0.6) is 5.75 Å². The van der Waals surface area contributed by atoms with Gasteiger partial charge in [-0.05, 0) is 22.7 Å². The van der Waals surface area contributed by atoms with Crippen LogP contribution in [0.15, 0.2) is 36.7 Å². The van der Waals surface area contributed by atoms with Crippen LogP contribution >= 0.6 is 0 Å². The number of aromatic carboxylic acids is 1. The first kappa shape index (κ1) is 15.4. The second kappa shape index (κ2) is 6.40. The van der Waals surface area contributed by atoms with Crippen LogP contribution in [0.2, 0.25) is 0 Å². The number of rotatable bonds is 1. The first-order chi connectivity index (χ1) is 12.2. The Morgan fingerprint density at radius 2 is 2.16 bits per heavy atom. The SMILES string of the molecule is O=C(O)c1ccc2cc1OCCOCCNc1cc[n+]3[nH]cc-2c3n1. The Labute approximate surface area is 143 Å². The van der Waals surface area contributed by atoms with Crippen LogP contribution in [-0.4, -0.2) is 47.5 Å². The number of benzene rings is 1. The monoisotopic (exact) mass is 341 g/mol. The largest absolute Gasteiger partial charge is 0.490 e. The van der Waals surface area contributed by atoms with Gasteiger partial charge < -0.3 is 19.9 Å². The molecule has 0 saturated heterocycles. The Balaban J connectivity index is 1.86. The molecule has 0 unspecified atom stereocenters. The minimum atomic E-state index is -1.03. The lowest BCUT2D eigenvalue weighted by atomic mass is 10.1. The molecule has 0 saturated carbocycles. The van der Waals surface area contributed by atoms with Gasteiger partial charge in [-0.1, -0.05) is 6.07 Å². The summed E-state index contributed by atoms with van der Waals surface area (Å²) in [4.78, 5) is 16.1. The van der Waals surface area contributed by atoms with Crippen LogP contribution in [-0.2, 0) is 4.74 Å². The molecule has 0 amide bonds.